The number of carbonyl (C=O) groups excluding carboxylic acids is 1. The standard InChI is InChI=1S/C21H33NO2S/c1-16(20(23)22-14-17-8-6-5-7-9-17)25(24)15-18-10-12-19(13-11-18)21(2,3)4/h10-13,16-17H,5-9,14-15H2,1-4H3,(H,22,23). The lowest BCUT2D eigenvalue weighted by molar-refractivity contribution is -0.120. The Morgan fingerprint density at radius 2 is 1.76 bits per heavy atom. The largest absolute Gasteiger partial charge is 0.355 e. The molecule has 1 fully saturated rings. The number of nitrogens with one attached hydrogen (secondary N) is 1. The molecule has 0 aromatic heterocycles. The molecule has 2 rings (SSSR count). The van der Waals surface area contributed by atoms with Crippen LogP contribution in [0.1, 0.15) is 70.9 Å². The minimum atomic E-state index is -1.19. The normalized spacial score (nSPS) is 18.6. The van der Waals surface area contributed by atoms with E-state index in [0.717, 1.165) is 12.1 Å². The van der Waals surface area contributed by atoms with Gasteiger partial charge in [0.2, 0.25) is 5.91 Å². The van der Waals surface area contributed by atoms with Gasteiger partial charge >= 0.3 is 0 Å². The van der Waals surface area contributed by atoms with Crippen LogP contribution < -0.4 is 5.32 Å². The highest BCUT2D eigenvalue weighted by Gasteiger charge is 2.22. The Morgan fingerprint density at radius 1 is 1.16 bits per heavy atom. The summed E-state index contributed by atoms with van der Waals surface area (Å²) in [6, 6.07) is 8.26. The van der Waals surface area contributed by atoms with Crippen LogP contribution >= 0.6 is 0 Å². The number of benzene rings is 1. The minimum absolute atomic E-state index is 0.0739. The van der Waals surface area contributed by atoms with Gasteiger partial charge in [-0.1, -0.05) is 64.3 Å². The van der Waals surface area contributed by atoms with E-state index in [0.29, 0.717) is 11.7 Å². The van der Waals surface area contributed by atoms with Gasteiger partial charge in [-0.15, -0.1) is 0 Å². The van der Waals surface area contributed by atoms with Crippen molar-refractivity contribution in [1.29, 1.82) is 0 Å². The van der Waals surface area contributed by atoms with Crippen molar-refractivity contribution in [3.8, 4) is 0 Å². The van der Waals surface area contributed by atoms with Gasteiger partial charge in [-0.05, 0) is 42.2 Å². The first kappa shape index (κ1) is 20.2. The molecule has 0 radical (unpaired) electrons. The van der Waals surface area contributed by atoms with Crippen molar-refractivity contribution in [2.24, 2.45) is 5.92 Å². The lowest BCUT2D eigenvalue weighted by Crippen LogP contribution is -2.38. The highest BCUT2D eigenvalue weighted by molar-refractivity contribution is 7.85. The van der Waals surface area contributed by atoms with Crippen LogP contribution in [0.4, 0.5) is 0 Å². The van der Waals surface area contributed by atoms with E-state index in [1.807, 2.05) is 12.1 Å². The van der Waals surface area contributed by atoms with Gasteiger partial charge in [-0.3, -0.25) is 9.00 Å². The number of carbonyl (C=O) groups is 1. The van der Waals surface area contributed by atoms with Gasteiger partial charge < -0.3 is 5.32 Å². The summed E-state index contributed by atoms with van der Waals surface area (Å²) in [7, 11) is -1.19. The molecular weight excluding hydrogens is 330 g/mol. The Hall–Kier alpha value is -1.16. The van der Waals surface area contributed by atoms with Crippen LogP contribution in [0.25, 0.3) is 0 Å². The first-order chi connectivity index (χ1) is 11.8. The van der Waals surface area contributed by atoms with Gasteiger partial charge in [0.25, 0.3) is 0 Å². The third kappa shape index (κ3) is 6.25. The highest BCUT2D eigenvalue weighted by Crippen LogP contribution is 2.23. The molecule has 0 spiro atoms. The fraction of sp³-hybridized carbons (Fsp3) is 0.667. The van der Waals surface area contributed by atoms with Crippen molar-refractivity contribution in [3.63, 3.8) is 0 Å². The Balaban J connectivity index is 1.83. The van der Waals surface area contributed by atoms with Gasteiger partial charge in [0.05, 0.1) is 0 Å². The van der Waals surface area contributed by atoms with Gasteiger partial charge in [0.1, 0.15) is 5.25 Å². The zero-order chi connectivity index (χ0) is 18.4. The molecule has 1 amide bonds. The summed E-state index contributed by atoms with van der Waals surface area (Å²) >= 11 is 0. The molecule has 3 nitrogen and oxygen atoms in total. The average Bonchev–Trinajstić information content (AvgIpc) is 2.59. The van der Waals surface area contributed by atoms with E-state index in [1.54, 1.807) is 6.92 Å². The summed E-state index contributed by atoms with van der Waals surface area (Å²) in [4.78, 5) is 12.3. The third-order valence-corrected chi connectivity index (χ3v) is 6.80. The Bertz CT molecular complexity index is 583. The highest BCUT2D eigenvalue weighted by atomic mass is 32.2. The van der Waals surface area contributed by atoms with E-state index in [4.69, 9.17) is 0 Å². The summed E-state index contributed by atoms with van der Waals surface area (Å²) in [5, 5.41) is 2.55. The molecule has 4 heteroatoms. The van der Waals surface area contributed by atoms with Crippen molar-refractivity contribution >= 4 is 16.7 Å². The van der Waals surface area contributed by atoms with Crippen LogP contribution in [-0.2, 0) is 26.8 Å². The average molecular weight is 364 g/mol. The van der Waals surface area contributed by atoms with Crippen LogP contribution in [0.5, 0.6) is 0 Å². The van der Waals surface area contributed by atoms with E-state index < -0.39 is 16.0 Å². The molecule has 25 heavy (non-hydrogen) atoms. The second kappa shape index (κ2) is 8.98. The molecule has 0 aliphatic heterocycles. The quantitative estimate of drug-likeness (QED) is 0.818. The summed E-state index contributed by atoms with van der Waals surface area (Å²) in [5.74, 6) is 0.959. The van der Waals surface area contributed by atoms with Crippen molar-refractivity contribution in [2.45, 2.75) is 76.2 Å². The molecule has 0 saturated heterocycles. The van der Waals surface area contributed by atoms with E-state index >= 15 is 0 Å². The monoisotopic (exact) mass is 363 g/mol. The third-order valence-electron chi connectivity index (χ3n) is 5.18. The van der Waals surface area contributed by atoms with E-state index in [9.17, 15) is 9.00 Å². The smallest absolute Gasteiger partial charge is 0.235 e. The fourth-order valence-electron chi connectivity index (χ4n) is 3.29. The molecule has 1 aromatic carbocycles. The van der Waals surface area contributed by atoms with Gasteiger partial charge in [0, 0.05) is 23.1 Å². The Labute approximate surface area is 155 Å². The van der Waals surface area contributed by atoms with Crippen LogP contribution in [-0.4, -0.2) is 21.9 Å². The van der Waals surface area contributed by atoms with Crippen molar-refractivity contribution < 1.29 is 9.00 Å². The summed E-state index contributed by atoms with van der Waals surface area (Å²) in [5.41, 5.74) is 2.41. The van der Waals surface area contributed by atoms with E-state index in [2.05, 4.69) is 38.2 Å². The zero-order valence-corrected chi connectivity index (χ0v) is 17.0. The SMILES string of the molecule is CC(C(=O)NCC1CCCCC1)S(=O)Cc1ccc(C(C)(C)C)cc1. The molecule has 2 unspecified atom stereocenters. The van der Waals surface area contributed by atoms with E-state index in [1.165, 1.54) is 37.7 Å². The van der Waals surface area contributed by atoms with Crippen LogP contribution in [0.3, 0.4) is 0 Å². The first-order valence-corrected chi connectivity index (χ1v) is 10.9. The van der Waals surface area contributed by atoms with Gasteiger partial charge in [-0.2, -0.15) is 0 Å². The second-order valence-electron chi connectivity index (χ2n) is 8.36. The lowest BCUT2D eigenvalue weighted by atomic mass is 9.87. The summed E-state index contributed by atoms with van der Waals surface area (Å²) in [6.07, 6.45) is 6.27. The zero-order valence-electron chi connectivity index (χ0n) is 16.1. The van der Waals surface area contributed by atoms with Gasteiger partial charge in [0.15, 0.2) is 0 Å². The maximum Gasteiger partial charge on any atom is 0.235 e. The van der Waals surface area contributed by atoms with Gasteiger partial charge in [-0.25, -0.2) is 0 Å². The van der Waals surface area contributed by atoms with Crippen LogP contribution in [0.2, 0.25) is 0 Å². The summed E-state index contributed by atoms with van der Waals surface area (Å²) in [6.45, 7) is 9.05. The molecule has 1 aromatic rings. The predicted molar refractivity (Wildman–Crippen MR) is 106 cm³/mol. The first-order valence-electron chi connectivity index (χ1n) is 9.51. The fourth-order valence-corrected chi connectivity index (χ4v) is 4.38. The Morgan fingerprint density at radius 3 is 2.32 bits per heavy atom. The topological polar surface area (TPSA) is 46.2 Å². The molecule has 1 aliphatic rings. The lowest BCUT2D eigenvalue weighted by Gasteiger charge is -2.22. The molecule has 140 valence electrons. The number of amides is 1. The molecule has 1 aliphatic carbocycles. The number of hydrogen-bond acceptors (Lipinski definition) is 2. The second-order valence-corrected chi connectivity index (χ2v) is 10.1. The maximum atomic E-state index is 12.5. The molecular formula is C21H33NO2S. The molecule has 0 bridgehead atoms. The molecule has 1 N–H and O–H groups in total. The minimum Gasteiger partial charge on any atom is -0.355 e. The number of rotatable bonds is 6. The number of hydrogen-bond donors (Lipinski definition) is 1. The Kier molecular flexibility index (Phi) is 7.24. The van der Waals surface area contributed by atoms with Crippen molar-refractivity contribution in [2.75, 3.05) is 6.54 Å². The van der Waals surface area contributed by atoms with Crippen molar-refractivity contribution in [3.05, 3.63) is 35.4 Å². The van der Waals surface area contributed by atoms with Crippen LogP contribution in [0.15, 0.2) is 24.3 Å². The molecule has 0 heterocycles. The molecule has 1 saturated carbocycles. The predicted octanol–water partition coefficient (Wildman–Crippen LogP) is 4.32. The van der Waals surface area contributed by atoms with Crippen molar-refractivity contribution in [1.82, 2.24) is 5.32 Å². The maximum absolute atomic E-state index is 12.5. The summed E-state index contributed by atoms with van der Waals surface area (Å²) < 4.78 is 12.5. The van der Waals surface area contributed by atoms with E-state index in [-0.39, 0.29) is 11.3 Å². The van der Waals surface area contributed by atoms with Crippen LogP contribution in [0, 0.1) is 5.92 Å². The molecule has 2 atom stereocenters.